The van der Waals surface area contributed by atoms with E-state index in [0.29, 0.717) is 11.3 Å². The molecule has 2 heterocycles. The summed E-state index contributed by atoms with van der Waals surface area (Å²) in [7, 11) is 0. The van der Waals surface area contributed by atoms with Crippen molar-refractivity contribution in [3.05, 3.63) is 35.9 Å². The second kappa shape index (κ2) is 4.86. The maximum absolute atomic E-state index is 11.8. The number of carbonyl (C=O) groups excluding carboxylic acids is 2. The Morgan fingerprint density at radius 1 is 1.24 bits per heavy atom. The highest BCUT2D eigenvalue weighted by atomic mass is 16.4. The van der Waals surface area contributed by atoms with E-state index < -0.39 is 12.0 Å². The lowest BCUT2D eigenvalue weighted by Gasteiger charge is -2.25. The third-order valence-electron chi connectivity index (χ3n) is 3.25. The second-order valence-corrected chi connectivity index (χ2v) is 4.64. The number of carboxylic acid groups (broad SMARTS) is 1. The molecule has 1 aliphatic rings. The Kier molecular flexibility index (Phi) is 3.02. The van der Waals surface area contributed by atoms with Crippen molar-refractivity contribution in [3.8, 4) is 0 Å². The predicted molar refractivity (Wildman–Crippen MR) is 74.2 cm³/mol. The molecule has 0 saturated carbocycles. The van der Waals surface area contributed by atoms with E-state index in [1.807, 2.05) is 0 Å². The van der Waals surface area contributed by atoms with Gasteiger partial charge in [0.05, 0.1) is 11.1 Å². The summed E-state index contributed by atoms with van der Waals surface area (Å²) in [4.78, 5) is 39.6. The summed E-state index contributed by atoms with van der Waals surface area (Å²) in [5.74, 6) is -0.967. The van der Waals surface area contributed by atoms with Crippen LogP contribution in [-0.4, -0.2) is 34.5 Å². The minimum absolute atomic E-state index is 0.130. The van der Waals surface area contributed by atoms with Crippen molar-refractivity contribution in [1.29, 1.82) is 0 Å². The van der Waals surface area contributed by atoms with Crippen LogP contribution >= 0.6 is 0 Å². The molecule has 0 unspecified atom stereocenters. The molecule has 2 N–H and O–H groups in total. The average molecular weight is 285 g/mol. The number of nitrogens with one attached hydrogen (secondary N) is 1. The highest BCUT2D eigenvalue weighted by Gasteiger charge is 2.25. The molecule has 0 bridgehead atoms. The number of rotatable bonds is 2. The summed E-state index contributed by atoms with van der Waals surface area (Å²) < 4.78 is 0. The van der Waals surface area contributed by atoms with Crippen molar-refractivity contribution in [2.24, 2.45) is 0 Å². The Bertz CT molecular complexity index is 772. The second-order valence-electron chi connectivity index (χ2n) is 4.64. The van der Waals surface area contributed by atoms with Gasteiger partial charge < -0.3 is 5.11 Å². The molecule has 7 nitrogen and oxygen atoms in total. The van der Waals surface area contributed by atoms with Gasteiger partial charge in [-0.1, -0.05) is 6.07 Å². The number of hydrogen-bond donors (Lipinski definition) is 2. The SMILES string of the molecule is O=C1CCN(c2ccc3ccc(C(=O)O)cc3n2)C(=O)N1. The summed E-state index contributed by atoms with van der Waals surface area (Å²) in [6.45, 7) is 0.252. The number of imide groups is 1. The number of urea groups is 1. The molecule has 7 heteroatoms. The van der Waals surface area contributed by atoms with Gasteiger partial charge >= 0.3 is 12.0 Å². The van der Waals surface area contributed by atoms with E-state index in [0.717, 1.165) is 5.39 Å². The molecule has 1 aromatic carbocycles. The topological polar surface area (TPSA) is 99.6 Å². The molecular formula is C14H11N3O4. The molecular weight excluding hydrogens is 274 g/mol. The van der Waals surface area contributed by atoms with Gasteiger partial charge in [0, 0.05) is 18.4 Å². The van der Waals surface area contributed by atoms with Crippen molar-refractivity contribution in [1.82, 2.24) is 10.3 Å². The average Bonchev–Trinajstić information content (AvgIpc) is 2.46. The third kappa shape index (κ3) is 2.40. The Morgan fingerprint density at radius 2 is 2.00 bits per heavy atom. The van der Waals surface area contributed by atoms with Crippen LogP contribution < -0.4 is 10.2 Å². The van der Waals surface area contributed by atoms with Crippen LogP contribution in [-0.2, 0) is 4.79 Å². The number of benzene rings is 1. The fourth-order valence-electron chi connectivity index (χ4n) is 2.17. The van der Waals surface area contributed by atoms with Crippen LogP contribution in [0.3, 0.4) is 0 Å². The lowest BCUT2D eigenvalue weighted by molar-refractivity contribution is -0.120. The summed E-state index contributed by atoms with van der Waals surface area (Å²) in [6, 6.07) is 7.51. The number of carboxylic acids is 1. The van der Waals surface area contributed by atoms with Gasteiger partial charge in [-0.25, -0.2) is 14.6 Å². The van der Waals surface area contributed by atoms with E-state index in [2.05, 4.69) is 10.3 Å². The van der Waals surface area contributed by atoms with Gasteiger partial charge in [0.2, 0.25) is 5.91 Å². The van der Waals surface area contributed by atoms with Crippen LogP contribution in [0.5, 0.6) is 0 Å². The first-order chi connectivity index (χ1) is 10.0. The van der Waals surface area contributed by atoms with Crippen LogP contribution in [0.25, 0.3) is 10.9 Å². The number of fused-ring (bicyclic) bond motifs is 1. The number of pyridine rings is 1. The minimum atomic E-state index is -1.04. The summed E-state index contributed by atoms with van der Waals surface area (Å²) in [6.07, 6.45) is 0.209. The van der Waals surface area contributed by atoms with E-state index in [1.165, 1.54) is 17.0 Å². The fourth-order valence-corrected chi connectivity index (χ4v) is 2.17. The quantitative estimate of drug-likeness (QED) is 0.868. The maximum Gasteiger partial charge on any atom is 0.335 e. The first-order valence-corrected chi connectivity index (χ1v) is 6.30. The van der Waals surface area contributed by atoms with Crippen molar-refractivity contribution in [2.75, 3.05) is 11.4 Å². The maximum atomic E-state index is 11.8. The highest BCUT2D eigenvalue weighted by Crippen LogP contribution is 2.20. The molecule has 3 rings (SSSR count). The van der Waals surface area contributed by atoms with Gasteiger partial charge in [-0.3, -0.25) is 15.0 Å². The number of nitrogens with zero attached hydrogens (tertiary/aromatic N) is 2. The molecule has 0 radical (unpaired) electrons. The van der Waals surface area contributed by atoms with E-state index >= 15 is 0 Å². The molecule has 1 aromatic heterocycles. The Morgan fingerprint density at radius 3 is 2.71 bits per heavy atom. The van der Waals surface area contributed by atoms with Gasteiger partial charge in [-0.15, -0.1) is 0 Å². The minimum Gasteiger partial charge on any atom is -0.478 e. The van der Waals surface area contributed by atoms with Crippen molar-refractivity contribution < 1.29 is 19.5 Å². The third-order valence-corrected chi connectivity index (χ3v) is 3.25. The number of amides is 3. The van der Waals surface area contributed by atoms with Crippen molar-refractivity contribution >= 4 is 34.6 Å². The smallest absolute Gasteiger partial charge is 0.335 e. The van der Waals surface area contributed by atoms with Crippen LogP contribution in [0.1, 0.15) is 16.8 Å². The normalized spacial score (nSPS) is 15.1. The van der Waals surface area contributed by atoms with Gasteiger partial charge in [-0.05, 0) is 24.3 Å². The zero-order chi connectivity index (χ0) is 15.0. The van der Waals surface area contributed by atoms with E-state index in [-0.39, 0.29) is 24.4 Å². The Hall–Kier alpha value is -2.96. The molecule has 0 aliphatic carbocycles. The fraction of sp³-hybridized carbons (Fsp3) is 0.143. The van der Waals surface area contributed by atoms with Gasteiger partial charge in [0.1, 0.15) is 5.82 Å². The van der Waals surface area contributed by atoms with Crippen LogP contribution in [0.4, 0.5) is 10.6 Å². The van der Waals surface area contributed by atoms with E-state index in [1.54, 1.807) is 18.2 Å². The summed E-state index contributed by atoms with van der Waals surface area (Å²) in [5, 5.41) is 12.0. The molecule has 1 saturated heterocycles. The van der Waals surface area contributed by atoms with E-state index in [9.17, 15) is 14.4 Å². The lowest BCUT2D eigenvalue weighted by Crippen LogP contribution is -2.49. The van der Waals surface area contributed by atoms with Crippen LogP contribution in [0, 0.1) is 0 Å². The zero-order valence-corrected chi connectivity index (χ0v) is 10.9. The van der Waals surface area contributed by atoms with Crippen LogP contribution in [0.2, 0.25) is 0 Å². The lowest BCUT2D eigenvalue weighted by atomic mass is 10.1. The molecule has 0 spiro atoms. The number of carbonyl (C=O) groups is 3. The van der Waals surface area contributed by atoms with Gasteiger partial charge in [0.15, 0.2) is 0 Å². The van der Waals surface area contributed by atoms with Gasteiger partial charge in [0.25, 0.3) is 0 Å². The molecule has 1 aliphatic heterocycles. The molecule has 0 atom stereocenters. The van der Waals surface area contributed by atoms with Crippen LogP contribution in [0.15, 0.2) is 30.3 Å². The molecule has 2 aromatic rings. The van der Waals surface area contributed by atoms with Crippen molar-refractivity contribution in [3.63, 3.8) is 0 Å². The Labute approximate surface area is 119 Å². The first kappa shape index (κ1) is 13.0. The van der Waals surface area contributed by atoms with E-state index in [4.69, 9.17) is 5.11 Å². The predicted octanol–water partition coefficient (Wildman–Crippen LogP) is 1.38. The standard InChI is InChI=1S/C14H11N3O4/c18-12-5-6-17(14(21)16-12)11-4-3-8-1-2-9(13(19)20)7-10(8)15-11/h1-4,7H,5-6H2,(H,19,20)(H,16,18,21). The number of hydrogen-bond acceptors (Lipinski definition) is 4. The zero-order valence-electron chi connectivity index (χ0n) is 10.9. The molecule has 106 valence electrons. The monoisotopic (exact) mass is 285 g/mol. The number of aromatic nitrogens is 1. The molecule has 3 amide bonds. The summed E-state index contributed by atoms with van der Waals surface area (Å²) in [5.41, 5.74) is 0.613. The largest absolute Gasteiger partial charge is 0.478 e. The highest BCUT2D eigenvalue weighted by molar-refractivity contribution is 6.05. The first-order valence-electron chi connectivity index (χ1n) is 6.30. The molecule has 1 fully saturated rings. The molecule has 21 heavy (non-hydrogen) atoms. The summed E-state index contributed by atoms with van der Waals surface area (Å²) >= 11 is 0. The number of anilines is 1. The van der Waals surface area contributed by atoms with Gasteiger partial charge in [-0.2, -0.15) is 0 Å². The Balaban J connectivity index is 2.01. The number of aromatic carboxylic acids is 1. The van der Waals surface area contributed by atoms with Crippen molar-refractivity contribution in [2.45, 2.75) is 6.42 Å².